The second-order valence-electron chi connectivity index (χ2n) is 2.03. The van der Waals surface area contributed by atoms with Crippen molar-refractivity contribution in [2.75, 3.05) is 0 Å². The number of nitrogens with one attached hydrogen (secondary N) is 2. The Morgan fingerprint density at radius 2 is 1.80 bits per heavy atom. The summed E-state index contributed by atoms with van der Waals surface area (Å²) < 4.78 is 0. The Morgan fingerprint density at radius 3 is 1.90 bits per heavy atom. The van der Waals surface area contributed by atoms with Crippen LogP contribution in [0.4, 0.5) is 0 Å². The van der Waals surface area contributed by atoms with E-state index in [9.17, 15) is 4.79 Å². The van der Waals surface area contributed by atoms with Gasteiger partial charge in [-0.3, -0.25) is 4.79 Å². The molecule has 0 unspecified atom stereocenters. The first kappa shape index (κ1) is 8.75. The highest BCUT2D eigenvalue weighted by Gasteiger charge is 1.96. The minimum atomic E-state index is 0.196. The molecule has 0 amide bonds. The number of carbonyl (C=O) groups excluding carboxylic acids is 1. The molecule has 3 nitrogen and oxygen atoms in total. The van der Waals surface area contributed by atoms with Gasteiger partial charge in [0, 0.05) is 17.0 Å². The quantitative estimate of drug-likeness (QED) is 0.343. The standard InChI is InChI=1S/C7H10N2O/c1-5(8)3-7(4-10)6(2)9/h3-4,8-9H,1-2H3/b7-3-,8-5?,9-6?. The van der Waals surface area contributed by atoms with Crippen LogP contribution >= 0.6 is 0 Å². The van der Waals surface area contributed by atoms with Crippen LogP contribution in [0.25, 0.3) is 0 Å². The lowest BCUT2D eigenvalue weighted by atomic mass is 10.1. The van der Waals surface area contributed by atoms with Gasteiger partial charge in [-0.2, -0.15) is 0 Å². The Morgan fingerprint density at radius 1 is 1.30 bits per heavy atom. The minimum absolute atomic E-state index is 0.196. The molecule has 0 atom stereocenters. The first-order valence-electron chi connectivity index (χ1n) is 2.85. The van der Waals surface area contributed by atoms with Gasteiger partial charge in [-0.05, 0) is 19.9 Å². The van der Waals surface area contributed by atoms with Gasteiger partial charge in [-0.25, -0.2) is 0 Å². The van der Waals surface area contributed by atoms with Gasteiger partial charge in [0.2, 0.25) is 0 Å². The molecule has 0 saturated heterocycles. The summed E-state index contributed by atoms with van der Waals surface area (Å²) in [5.74, 6) is 0. The zero-order valence-electron chi connectivity index (χ0n) is 6.06. The highest BCUT2D eigenvalue weighted by molar-refractivity contribution is 6.16. The van der Waals surface area contributed by atoms with Crippen molar-refractivity contribution in [1.29, 1.82) is 10.8 Å². The molecule has 0 rings (SSSR count). The van der Waals surface area contributed by atoms with Crippen LogP contribution in [0, 0.1) is 10.8 Å². The number of rotatable bonds is 3. The molecule has 0 spiro atoms. The second-order valence-corrected chi connectivity index (χ2v) is 2.03. The SMILES string of the molecule is CC(=N)/C=C(/C=O)C(C)=N. The van der Waals surface area contributed by atoms with Crippen LogP contribution in [-0.2, 0) is 4.79 Å². The van der Waals surface area contributed by atoms with E-state index in [0.717, 1.165) is 0 Å². The van der Waals surface area contributed by atoms with E-state index in [-0.39, 0.29) is 17.0 Å². The van der Waals surface area contributed by atoms with E-state index in [0.29, 0.717) is 6.29 Å². The molecular formula is C7H10N2O. The van der Waals surface area contributed by atoms with Crippen molar-refractivity contribution >= 4 is 17.7 Å². The average molecular weight is 138 g/mol. The Kier molecular flexibility index (Phi) is 3.25. The van der Waals surface area contributed by atoms with Crippen molar-refractivity contribution in [3.8, 4) is 0 Å². The van der Waals surface area contributed by atoms with E-state index >= 15 is 0 Å². The zero-order valence-corrected chi connectivity index (χ0v) is 6.06. The molecule has 0 aliphatic rings. The number of aldehydes is 1. The van der Waals surface area contributed by atoms with Crippen molar-refractivity contribution in [2.45, 2.75) is 13.8 Å². The Labute approximate surface area is 59.8 Å². The Bertz CT molecular complexity index is 204. The smallest absolute Gasteiger partial charge is 0.151 e. The monoisotopic (exact) mass is 138 g/mol. The minimum Gasteiger partial charge on any atom is -0.306 e. The summed E-state index contributed by atoms with van der Waals surface area (Å²) in [6.07, 6.45) is 1.95. The summed E-state index contributed by atoms with van der Waals surface area (Å²) >= 11 is 0. The van der Waals surface area contributed by atoms with Gasteiger partial charge >= 0.3 is 0 Å². The van der Waals surface area contributed by atoms with Crippen molar-refractivity contribution in [3.05, 3.63) is 11.6 Å². The molecule has 2 N–H and O–H groups in total. The molecule has 10 heavy (non-hydrogen) atoms. The summed E-state index contributed by atoms with van der Waals surface area (Å²) in [4.78, 5) is 10.2. The fraction of sp³-hybridized carbons (Fsp3) is 0.286. The van der Waals surface area contributed by atoms with Crippen LogP contribution in [0.3, 0.4) is 0 Å². The molecule has 0 aromatic heterocycles. The van der Waals surface area contributed by atoms with Crippen molar-refractivity contribution in [2.24, 2.45) is 0 Å². The van der Waals surface area contributed by atoms with Crippen LogP contribution in [0.5, 0.6) is 0 Å². The van der Waals surface area contributed by atoms with Gasteiger partial charge in [0.25, 0.3) is 0 Å². The van der Waals surface area contributed by atoms with Crippen molar-refractivity contribution in [3.63, 3.8) is 0 Å². The Balaban J connectivity index is 4.49. The largest absolute Gasteiger partial charge is 0.306 e. The topological polar surface area (TPSA) is 64.8 Å². The summed E-state index contributed by atoms with van der Waals surface area (Å²) in [6.45, 7) is 3.08. The van der Waals surface area contributed by atoms with E-state index in [1.54, 1.807) is 6.92 Å². The molecule has 54 valence electrons. The summed E-state index contributed by atoms with van der Waals surface area (Å²) in [7, 11) is 0. The van der Waals surface area contributed by atoms with Crippen LogP contribution in [0.2, 0.25) is 0 Å². The van der Waals surface area contributed by atoms with Gasteiger partial charge in [0.15, 0.2) is 6.29 Å². The first-order valence-corrected chi connectivity index (χ1v) is 2.85. The van der Waals surface area contributed by atoms with E-state index in [4.69, 9.17) is 10.8 Å². The third kappa shape index (κ3) is 2.91. The first-order chi connectivity index (χ1) is 4.57. The summed E-state index contributed by atoms with van der Waals surface area (Å²) in [5, 5.41) is 14.0. The van der Waals surface area contributed by atoms with Gasteiger partial charge in [-0.15, -0.1) is 0 Å². The van der Waals surface area contributed by atoms with Crippen LogP contribution < -0.4 is 0 Å². The molecule has 0 aliphatic heterocycles. The lowest BCUT2D eigenvalue weighted by Crippen LogP contribution is -1.98. The molecule has 0 aliphatic carbocycles. The number of hydrogen-bond acceptors (Lipinski definition) is 3. The number of allylic oxidation sites excluding steroid dienone is 2. The van der Waals surface area contributed by atoms with Gasteiger partial charge in [0.1, 0.15) is 0 Å². The molecule has 0 bridgehead atoms. The van der Waals surface area contributed by atoms with Crippen LogP contribution in [0.1, 0.15) is 13.8 Å². The predicted octanol–water partition coefficient (Wildman–Crippen LogP) is 1.19. The molecule has 0 heterocycles. The number of carbonyl (C=O) groups is 1. The Hall–Kier alpha value is -1.25. The molecule has 0 fully saturated rings. The molecule has 0 aromatic carbocycles. The third-order valence-corrected chi connectivity index (χ3v) is 0.932. The van der Waals surface area contributed by atoms with E-state index in [2.05, 4.69) is 0 Å². The summed E-state index contributed by atoms with van der Waals surface area (Å²) in [6, 6.07) is 0. The fourth-order valence-corrected chi connectivity index (χ4v) is 0.464. The molecule has 3 heteroatoms. The summed E-state index contributed by atoms with van der Waals surface area (Å²) in [5.41, 5.74) is 0.753. The van der Waals surface area contributed by atoms with Crippen molar-refractivity contribution < 1.29 is 4.79 Å². The lowest BCUT2D eigenvalue weighted by molar-refractivity contribution is -0.104. The van der Waals surface area contributed by atoms with Gasteiger partial charge < -0.3 is 10.8 Å². The maximum Gasteiger partial charge on any atom is 0.151 e. The molecule has 0 saturated carbocycles. The maximum absolute atomic E-state index is 10.2. The van der Waals surface area contributed by atoms with Crippen LogP contribution in [0.15, 0.2) is 11.6 Å². The lowest BCUT2D eigenvalue weighted by Gasteiger charge is -1.92. The third-order valence-electron chi connectivity index (χ3n) is 0.932. The highest BCUT2D eigenvalue weighted by atomic mass is 16.1. The van der Waals surface area contributed by atoms with Gasteiger partial charge in [-0.1, -0.05) is 0 Å². The average Bonchev–Trinajstić information content (AvgIpc) is 1.81. The normalized spacial score (nSPS) is 10.8. The highest BCUT2D eigenvalue weighted by Crippen LogP contribution is 1.91. The van der Waals surface area contributed by atoms with Crippen molar-refractivity contribution in [1.82, 2.24) is 0 Å². The molecule has 0 aromatic rings. The number of hydrogen-bond donors (Lipinski definition) is 2. The molecule has 0 radical (unpaired) electrons. The molecular weight excluding hydrogens is 128 g/mol. The van der Waals surface area contributed by atoms with Gasteiger partial charge in [0.05, 0.1) is 0 Å². The fourth-order valence-electron chi connectivity index (χ4n) is 0.464. The second kappa shape index (κ2) is 3.71. The van der Waals surface area contributed by atoms with Crippen LogP contribution in [-0.4, -0.2) is 17.7 Å². The predicted molar refractivity (Wildman–Crippen MR) is 40.9 cm³/mol. The zero-order chi connectivity index (χ0) is 8.15. The van der Waals surface area contributed by atoms with E-state index < -0.39 is 0 Å². The maximum atomic E-state index is 10.2. The van der Waals surface area contributed by atoms with E-state index in [1.807, 2.05) is 0 Å². The van der Waals surface area contributed by atoms with E-state index in [1.165, 1.54) is 13.0 Å².